The summed E-state index contributed by atoms with van der Waals surface area (Å²) in [6, 6.07) is 8.78. The number of hydrogen-bond donors (Lipinski definition) is 1. The van der Waals surface area contributed by atoms with E-state index in [1.165, 1.54) is 5.56 Å². The van der Waals surface area contributed by atoms with Gasteiger partial charge in [-0.3, -0.25) is 0 Å². The third-order valence-corrected chi connectivity index (χ3v) is 4.32. The van der Waals surface area contributed by atoms with Crippen LogP contribution in [0.3, 0.4) is 0 Å². The van der Waals surface area contributed by atoms with E-state index in [1.54, 1.807) is 7.11 Å². The molecule has 1 aromatic carbocycles. The highest BCUT2D eigenvalue weighted by Crippen LogP contribution is 2.48. The minimum atomic E-state index is 0.199. The monoisotopic (exact) mass is 233 g/mol. The van der Waals surface area contributed by atoms with Gasteiger partial charge in [-0.25, -0.2) is 0 Å². The Balaban J connectivity index is 1.88. The van der Waals surface area contributed by atoms with Crippen LogP contribution >= 0.6 is 0 Å². The number of rotatable bonds is 3. The molecule has 0 bridgehead atoms. The smallest absolute Gasteiger partial charge is 0.119 e. The van der Waals surface area contributed by atoms with Gasteiger partial charge in [0.05, 0.1) is 20.3 Å². The summed E-state index contributed by atoms with van der Waals surface area (Å²) in [7, 11) is 1.71. The van der Waals surface area contributed by atoms with Gasteiger partial charge >= 0.3 is 0 Å². The van der Waals surface area contributed by atoms with Gasteiger partial charge in [0.1, 0.15) is 5.75 Å². The van der Waals surface area contributed by atoms with Crippen LogP contribution in [-0.2, 0) is 10.2 Å². The number of benzene rings is 1. The lowest BCUT2D eigenvalue weighted by atomic mass is 9.59. The van der Waals surface area contributed by atoms with Crippen molar-refractivity contribution >= 4 is 0 Å². The molecular weight excluding hydrogens is 214 g/mol. The first-order valence-corrected chi connectivity index (χ1v) is 6.22. The zero-order valence-corrected chi connectivity index (χ0v) is 10.2. The van der Waals surface area contributed by atoms with Crippen molar-refractivity contribution in [3.8, 4) is 5.75 Å². The molecule has 2 N–H and O–H groups in total. The molecular formula is C14H19NO2. The SMILES string of the molecule is COc1cccc(C2(C3CC(N)C3)COC2)c1. The van der Waals surface area contributed by atoms with Crippen LogP contribution in [0.25, 0.3) is 0 Å². The maximum Gasteiger partial charge on any atom is 0.119 e. The predicted molar refractivity (Wildman–Crippen MR) is 66.2 cm³/mol. The van der Waals surface area contributed by atoms with E-state index in [0.29, 0.717) is 12.0 Å². The van der Waals surface area contributed by atoms with Gasteiger partial charge < -0.3 is 15.2 Å². The van der Waals surface area contributed by atoms with Gasteiger partial charge in [-0.05, 0) is 36.5 Å². The van der Waals surface area contributed by atoms with Crippen LogP contribution in [0.1, 0.15) is 18.4 Å². The van der Waals surface area contributed by atoms with Crippen LogP contribution in [-0.4, -0.2) is 26.4 Å². The van der Waals surface area contributed by atoms with Crippen molar-refractivity contribution in [2.45, 2.75) is 24.3 Å². The molecule has 3 nitrogen and oxygen atoms in total. The molecule has 0 aromatic heterocycles. The predicted octanol–water partition coefficient (Wildman–Crippen LogP) is 1.70. The maximum atomic E-state index is 5.91. The van der Waals surface area contributed by atoms with Gasteiger partial charge in [-0.2, -0.15) is 0 Å². The molecule has 2 aliphatic rings. The van der Waals surface area contributed by atoms with E-state index in [-0.39, 0.29) is 5.41 Å². The van der Waals surface area contributed by atoms with Crippen LogP contribution in [0, 0.1) is 5.92 Å². The Morgan fingerprint density at radius 1 is 1.35 bits per heavy atom. The summed E-state index contributed by atoms with van der Waals surface area (Å²) in [6.07, 6.45) is 2.25. The lowest BCUT2D eigenvalue weighted by Gasteiger charge is -2.53. The van der Waals surface area contributed by atoms with Crippen LogP contribution in [0.5, 0.6) is 5.75 Å². The standard InChI is InChI=1S/C14H19NO2/c1-16-13-4-2-3-10(7-13)14(8-17-9-14)11-5-12(15)6-11/h2-4,7,11-12H,5-6,8-9,15H2,1H3. The third kappa shape index (κ3) is 1.65. The minimum absolute atomic E-state index is 0.199. The number of nitrogens with two attached hydrogens (primary N) is 1. The quantitative estimate of drug-likeness (QED) is 0.864. The van der Waals surface area contributed by atoms with E-state index in [9.17, 15) is 0 Å². The van der Waals surface area contributed by atoms with Crippen LogP contribution in [0.15, 0.2) is 24.3 Å². The van der Waals surface area contributed by atoms with Crippen LogP contribution in [0.2, 0.25) is 0 Å². The zero-order valence-electron chi connectivity index (χ0n) is 10.2. The lowest BCUT2D eigenvalue weighted by Crippen LogP contribution is -2.58. The first-order chi connectivity index (χ1) is 8.24. The molecule has 2 fully saturated rings. The molecule has 1 aromatic rings. The molecule has 92 valence electrons. The summed E-state index contributed by atoms with van der Waals surface area (Å²) in [5.74, 6) is 1.61. The Morgan fingerprint density at radius 2 is 2.12 bits per heavy atom. The summed E-state index contributed by atoms with van der Waals surface area (Å²) < 4.78 is 10.8. The molecule has 3 heteroatoms. The van der Waals surface area contributed by atoms with Crippen molar-refractivity contribution in [3.63, 3.8) is 0 Å². The zero-order chi connectivity index (χ0) is 11.9. The summed E-state index contributed by atoms with van der Waals surface area (Å²) in [5.41, 5.74) is 7.46. The molecule has 17 heavy (non-hydrogen) atoms. The molecule has 3 rings (SSSR count). The lowest BCUT2D eigenvalue weighted by molar-refractivity contribution is -0.111. The molecule has 1 saturated heterocycles. The maximum absolute atomic E-state index is 5.91. The fraction of sp³-hybridized carbons (Fsp3) is 0.571. The van der Waals surface area contributed by atoms with Crippen molar-refractivity contribution in [1.82, 2.24) is 0 Å². The van der Waals surface area contributed by atoms with Crippen molar-refractivity contribution in [1.29, 1.82) is 0 Å². The topological polar surface area (TPSA) is 44.5 Å². The Bertz CT molecular complexity index is 408. The fourth-order valence-corrected chi connectivity index (χ4v) is 3.01. The highest BCUT2D eigenvalue weighted by Gasteiger charge is 2.51. The average Bonchev–Trinajstić information content (AvgIpc) is 2.26. The molecule has 0 atom stereocenters. The fourth-order valence-electron chi connectivity index (χ4n) is 3.01. The second-order valence-corrected chi connectivity index (χ2v) is 5.31. The van der Waals surface area contributed by atoms with Crippen LogP contribution < -0.4 is 10.5 Å². The molecule has 0 unspecified atom stereocenters. The van der Waals surface area contributed by atoms with Gasteiger partial charge in [0.2, 0.25) is 0 Å². The number of methoxy groups -OCH3 is 1. The molecule has 0 spiro atoms. The third-order valence-electron chi connectivity index (χ3n) is 4.32. The largest absolute Gasteiger partial charge is 0.497 e. The van der Waals surface area contributed by atoms with Gasteiger partial charge in [0.25, 0.3) is 0 Å². The molecule has 1 saturated carbocycles. The Kier molecular flexibility index (Phi) is 2.60. The van der Waals surface area contributed by atoms with Crippen molar-refractivity contribution in [3.05, 3.63) is 29.8 Å². The minimum Gasteiger partial charge on any atom is -0.497 e. The first-order valence-electron chi connectivity index (χ1n) is 6.22. The van der Waals surface area contributed by atoms with E-state index >= 15 is 0 Å². The Labute approximate surface area is 102 Å². The van der Waals surface area contributed by atoms with E-state index in [1.807, 2.05) is 6.07 Å². The second kappa shape index (κ2) is 4.00. The number of ether oxygens (including phenoxy) is 2. The summed E-state index contributed by atoms with van der Waals surface area (Å²) in [4.78, 5) is 0. The Hall–Kier alpha value is -1.06. The van der Waals surface area contributed by atoms with Gasteiger partial charge in [-0.1, -0.05) is 12.1 Å². The summed E-state index contributed by atoms with van der Waals surface area (Å²) in [5, 5.41) is 0. The van der Waals surface area contributed by atoms with Crippen molar-refractivity contribution < 1.29 is 9.47 Å². The molecule has 1 aliphatic carbocycles. The van der Waals surface area contributed by atoms with Crippen molar-refractivity contribution in [2.75, 3.05) is 20.3 Å². The summed E-state index contributed by atoms with van der Waals surface area (Å²) in [6.45, 7) is 1.66. The summed E-state index contributed by atoms with van der Waals surface area (Å²) >= 11 is 0. The van der Waals surface area contributed by atoms with E-state index in [4.69, 9.17) is 15.2 Å². The normalized spacial score (nSPS) is 30.2. The highest BCUT2D eigenvalue weighted by molar-refractivity contribution is 5.37. The van der Waals surface area contributed by atoms with Gasteiger partial charge in [0.15, 0.2) is 0 Å². The van der Waals surface area contributed by atoms with E-state index < -0.39 is 0 Å². The van der Waals surface area contributed by atoms with Gasteiger partial charge in [-0.15, -0.1) is 0 Å². The van der Waals surface area contributed by atoms with Crippen molar-refractivity contribution in [2.24, 2.45) is 11.7 Å². The van der Waals surface area contributed by atoms with Crippen LogP contribution in [0.4, 0.5) is 0 Å². The molecule has 1 aliphatic heterocycles. The number of hydrogen-bond acceptors (Lipinski definition) is 3. The molecule has 1 heterocycles. The second-order valence-electron chi connectivity index (χ2n) is 5.31. The van der Waals surface area contributed by atoms with E-state index in [0.717, 1.165) is 31.8 Å². The molecule has 0 radical (unpaired) electrons. The van der Waals surface area contributed by atoms with Gasteiger partial charge in [0, 0.05) is 11.5 Å². The van der Waals surface area contributed by atoms with E-state index in [2.05, 4.69) is 18.2 Å². The highest BCUT2D eigenvalue weighted by atomic mass is 16.5. The average molecular weight is 233 g/mol. The molecule has 0 amide bonds. The first kappa shape index (κ1) is 11.1. The Morgan fingerprint density at radius 3 is 2.65 bits per heavy atom.